The highest BCUT2D eigenvalue weighted by atomic mass is 32.1. The fourth-order valence-electron chi connectivity index (χ4n) is 8.20. The van der Waals surface area contributed by atoms with E-state index in [0.29, 0.717) is 0 Å². The van der Waals surface area contributed by atoms with Gasteiger partial charge in [0.1, 0.15) is 0 Å². The van der Waals surface area contributed by atoms with Crippen LogP contribution in [0, 0.1) is 0 Å². The number of hydrogen-bond acceptors (Lipinski definition) is 3. The van der Waals surface area contributed by atoms with Gasteiger partial charge in [-0.15, -0.1) is 34.0 Å². The second-order valence-corrected chi connectivity index (χ2v) is 20.0. The van der Waals surface area contributed by atoms with E-state index in [-0.39, 0.29) is 7.43 Å². The lowest BCUT2D eigenvalue weighted by molar-refractivity contribution is 0.544. The third-order valence-electron chi connectivity index (χ3n) is 11.7. The summed E-state index contributed by atoms with van der Waals surface area (Å²) in [5.41, 5.74) is 4.80. The van der Waals surface area contributed by atoms with Gasteiger partial charge in [-0.25, -0.2) is 0 Å². The Hall–Kier alpha value is -0.900. The molecule has 0 N–H and O–H groups in total. The predicted octanol–water partition coefficient (Wildman–Crippen LogP) is 19.9. The van der Waals surface area contributed by atoms with Gasteiger partial charge in [-0.3, -0.25) is 0 Å². The lowest BCUT2D eigenvalue weighted by Crippen LogP contribution is -1.87. The Morgan fingerprint density at radius 1 is 0.364 bits per heavy atom. The Bertz CT molecular complexity index is 1240. The van der Waals surface area contributed by atoms with Crippen LogP contribution in [0.15, 0.2) is 29.0 Å². The first-order chi connectivity index (χ1) is 26.7. The van der Waals surface area contributed by atoms with Gasteiger partial charge in [-0.1, -0.05) is 214 Å². The standard InChI is InChI=1S/C51H86S3.CH4/c1-4-7-10-13-16-19-22-23-26-29-32-35-38-47-41-49(42-48-39-45(43-52-48)36-33-30-27-24-20-17-14-11-8-5-2)54-51(47)50-40-46(44-53-50)37-34-31-28-25-21-18-15-12-9-6-3;/h39-41,43-44H,4-38,42H2,1-3H3;1H4. The maximum Gasteiger partial charge on any atom is 0.0477 e. The average Bonchev–Trinajstić information content (AvgIpc) is 3.94. The van der Waals surface area contributed by atoms with Crippen molar-refractivity contribution in [3.8, 4) is 9.75 Å². The van der Waals surface area contributed by atoms with Gasteiger partial charge in [0.2, 0.25) is 0 Å². The summed E-state index contributed by atoms with van der Waals surface area (Å²) >= 11 is 6.13. The Morgan fingerprint density at radius 3 is 1.16 bits per heavy atom. The molecule has 3 rings (SSSR count). The molecule has 3 aromatic heterocycles. The lowest BCUT2D eigenvalue weighted by Gasteiger charge is -2.04. The normalized spacial score (nSPS) is 11.5. The van der Waals surface area contributed by atoms with Gasteiger partial charge in [0, 0.05) is 25.9 Å². The highest BCUT2D eigenvalue weighted by Gasteiger charge is 2.15. The maximum atomic E-state index is 2.61. The average molecular weight is 811 g/mol. The molecule has 0 radical (unpaired) electrons. The summed E-state index contributed by atoms with van der Waals surface area (Å²) in [5, 5.41) is 4.94. The minimum Gasteiger partial charge on any atom is -0.148 e. The summed E-state index contributed by atoms with van der Waals surface area (Å²) in [6, 6.07) is 7.72. The van der Waals surface area contributed by atoms with Gasteiger partial charge in [-0.2, -0.15) is 0 Å². The molecule has 3 aromatic rings. The molecule has 0 saturated carbocycles. The molecule has 0 amide bonds. The van der Waals surface area contributed by atoms with E-state index >= 15 is 0 Å². The summed E-state index contributed by atoms with van der Waals surface area (Å²) in [5.74, 6) is 0. The predicted molar refractivity (Wildman–Crippen MR) is 257 cm³/mol. The molecular formula is C52H90S3. The van der Waals surface area contributed by atoms with Crippen molar-refractivity contribution in [1.29, 1.82) is 0 Å². The van der Waals surface area contributed by atoms with Crippen molar-refractivity contribution in [2.75, 3.05) is 0 Å². The zero-order valence-electron chi connectivity index (χ0n) is 36.1. The molecule has 3 heterocycles. The van der Waals surface area contributed by atoms with Gasteiger partial charge in [-0.05, 0) is 84.2 Å². The van der Waals surface area contributed by atoms with Gasteiger partial charge in [0.05, 0.1) is 0 Å². The van der Waals surface area contributed by atoms with Crippen LogP contribution in [0.4, 0.5) is 0 Å². The lowest BCUT2D eigenvalue weighted by atomic mass is 10.0. The molecule has 3 heteroatoms. The first kappa shape index (κ1) is 50.2. The molecule has 0 spiro atoms. The van der Waals surface area contributed by atoms with Gasteiger partial charge in [0.25, 0.3) is 0 Å². The Kier molecular flexibility index (Phi) is 32.0. The summed E-state index contributed by atoms with van der Waals surface area (Å²) in [7, 11) is 0. The van der Waals surface area contributed by atoms with Crippen molar-refractivity contribution in [1.82, 2.24) is 0 Å². The van der Waals surface area contributed by atoms with E-state index in [1.54, 1.807) is 31.3 Å². The summed E-state index contributed by atoms with van der Waals surface area (Å²) < 4.78 is 0. The summed E-state index contributed by atoms with van der Waals surface area (Å²) in [6.45, 7) is 6.94. The van der Waals surface area contributed by atoms with E-state index in [9.17, 15) is 0 Å². The van der Waals surface area contributed by atoms with Crippen molar-refractivity contribution >= 4 is 34.0 Å². The van der Waals surface area contributed by atoms with Crippen molar-refractivity contribution in [2.45, 2.75) is 259 Å². The highest BCUT2D eigenvalue weighted by Crippen LogP contribution is 2.39. The van der Waals surface area contributed by atoms with Crippen molar-refractivity contribution in [3.05, 3.63) is 55.4 Å². The van der Waals surface area contributed by atoms with Crippen LogP contribution in [-0.4, -0.2) is 0 Å². The maximum absolute atomic E-state index is 2.61. The van der Waals surface area contributed by atoms with Crippen LogP contribution < -0.4 is 0 Å². The number of unbranched alkanes of at least 4 members (excludes halogenated alkanes) is 29. The molecule has 0 atom stereocenters. The fraction of sp³-hybridized carbons (Fsp3) is 0.769. The van der Waals surface area contributed by atoms with Crippen LogP contribution >= 0.6 is 34.0 Å². The smallest absolute Gasteiger partial charge is 0.0477 e. The van der Waals surface area contributed by atoms with E-state index in [1.165, 1.54) is 230 Å². The van der Waals surface area contributed by atoms with Crippen molar-refractivity contribution in [3.63, 3.8) is 0 Å². The van der Waals surface area contributed by atoms with Crippen LogP contribution in [0.3, 0.4) is 0 Å². The van der Waals surface area contributed by atoms with E-state index in [0.717, 1.165) is 6.42 Å². The Labute approximate surface area is 356 Å². The van der Waals surface area contributed by atoms with Crippen LogP contribution in [-0.2, 0) is 25.7 Å². The number of rotatable bonds is 38. The number of aryl methyl sites for hydroxylation is 3. The molecule has 55 heavy (non-hydrogen) atoms. The van der Waals surface area contributed by atoms with Crippen molar-refractivity contribution in [2.24, 2.45) is 0 Å². The molecule has 0 aliphatic rings. The van der Waals surface area contributed by atoms with E-state index in [4.69, 9.17) is 0 Å². The fourth-order valence-corrected chi connectivity index (χ4v) is 11.6. The first-order valence-electron chi connectivity index (χ1n) is 24.0. The third-order valence-corrected chi connectivity index (χ3v) is 15.1. The second kappa shape index (κ2) is 35.1. The molecule has 0 saturated heterocycles. The minimum absolute atomic E-state index is 0. The SMILES string of the molecule is C.CCCCCCCCCCCCCCc1cc(Cc2cc(CCCCCCCCCCCC)cs2)sc1-c1cc(CCCCCCCCCCCC)cs1. The minimum atomic E-state index is 0. The zero-order chi connectivity index (χ0) is 38.2. The second-order valence-electron chi connectivity index (χ2n) is 17.0. The molecule has 0 aliphatic carbocycles. The van der Waals surface area contributed by atoms with E-state index in [2.05, 4.69) is 61.1 Å². The van der Waals surface area contributed by atoms with E-state index < -0.39 is 0 Å². The van der Waals surface area contributed by atoms with Crippen LogP contribution in [0.5, 0.6) is 0 Å². The Morgan fingerprint density at radius 2 is 0.727 bits per heavy atom. The quantitative estimate of drug-likeness (QED) is 0.0506. The van der Waals surface area contributed by atoms with Crippen LogP contribution in [0.1, 0.15) is 260 Å². The summed E-state index contributed by atoms with van der Waals surface area (Å²) in [4.78, 5) is 6.27. The van der Waals surface area contributed by atoms with Crippen LogP contribution in [0.25, 0.3) is 9.75 Å². The van der Waals surface area contributed by atoms with Gasteiger partial charge < -0.3 is 0 Å². The molecule has 316 valence electrons. The van der Waals surface area contributed by atoms with Gasteiger partial charge in [0.15, 0.2) is 0 Å². The summed E-state index contributed by atoms with van der Waals surface area (Å²) in [6.07, 6.45) is 50.4. The van der Waals surface area contributed by atoms with Crippen molar-refractivity contribution < 1.29 is 0 Å². The first-order valence-corrected chi connectivity index (χ1v) is 26.6. The van der Waals surface area contributed by atoms with E-state index in [1.807, 2.05) is 22.7 Å². The molecule has 0 unspecified atom stereocenters. The number of hydrogen-bond donors (Lipinski definition) is 0. The number of thiophene rings is 3. The Balaban J connectivity index is 0.0000105. The van der Waals surface area contributed by atoms with Crippen LogP contribution in [0.2, 0.25) is 0 Å². The largest absolute Gasteiger partial charge is 0.148 e. The molecular weight excluding hydrogens is 721 g/mol. The van der Waals surface area contributed by atoms with Gasteiger partial charge >= 0.3 is 0 Å². The zero-order valence-corrected chi connectivity index (χ0v) is 38.5. The highest BCUT2D eigenvalue weighted by molar-refractivity contribution is 7.21. The third kappa shape index (κ3) is 24.6. The molecule has 0 fully saturated rings. The molecule has 0 aliphatic heterocycles. The molecule has 0 bridgehead atoms. The topological polar surface area (TPSA) is 0 Å². The monoisotopic (exact) mass is 811 g/mol. The molecule has 0 nitrogen and oxygen atoms in total. The molecule has 0 aromatic carbocycles.